The first-order valence-electron chi connectivity index (χ1n) is 7.87. The molecule has 124 valence electrons. The normalized spacial score (nSPS) is 13.3. The van der Waals surface area contributed by atoms with E-state index in [1.165, 1.54) is 18.9 Å². The number of thiazole rings is 1. The van der Waals surface area contributed by atoms with Crippen LogP contribution in [0.25, 0.3) is 0 Å². The average Bonchev–Trinajstić information content (AvgIpc) is 3.32. The number of nitrogens with zero attached hydrogens (tertiary/aromatic N) is 1. The van der Waals surface area contributed by atoms with Gasteiger partial charge in [0.25, 0.3) is 0 Å². The first kappa shape index (κ1) is 16.4. The van der Waals surface area contributed by atoms with Crippen LogP contribution >= 0.6 is 11.3 Å². The SMILES string of the molecule is C=CC(=O)Nc1cccc(CC(=O)NCc2nc(C3CC3)cs2)c1. The maximum absolute atomic E-state index is 12.1. The van der Waals surface area contributed by atoms with E-state index in [4.69, 9.17) is 0 Å². The van der Waals surface area contributed by atoms with Crippen molar-refractivity contribution in [3.8, 4) is 0 Å². The minimum absolute atomic E-state index is 0.0645. The van der Waals surface area contributed by atoms with E-state index in [-0.39, 0.29) is 18.2 Å². The molecule has 1 aromatic heterocycles. The van der Waals surface area contributed by atoms with Gasteiger partial charge in [0.15, 0.2) is 0 Å². The molecular weight excluding hydrogens is 322 g/mol. The third-order valence-corrected chi connectivity index (χ3v) is 4.61. The van der Waals surface area contributed by atoms with Crippen molar-refractivity contribution >= 4 is 28.8 Å². The van der Waals surface area contributed by atoms with E-state index < -0.39 is 0 Å². The molecule has 2 aromatic rings. The van der Waals surface area contributed by atoms with Gasteiger partial charge in [-0.2, -0.15) is 0 Å². The molecule has 24 heavy (non-hydrogen) atoms. The van der Waals surface area contributed by atoms with Crippen LogP contribution in [0.1, 0.15) is 35.0 Å². The molecule has 1 aliphatic rings. The highest BCUT2D eigenvalue weighted by molar-refractivity contribution is 7.09. The fraction of sp³-hybridized carbons (Fsp3) is 0.278. The summed E-state index contributed by atoms with van der Waals surface area (Å²) in [4.78, 5) is 28.0. The lowest BCUT2D eigenvalue weighted by Crippen LogP contribution is -2.24. The van der Waals surface area contributed by atoms with Crippen LogP contribution in [0.15, 0.2) is 42.3 Å². The number of amides is 2. The number of benzene rings is 1. The maximum Gasteiger partial charge on any atom is 0.247 e. The Kier molecular flexibility index (Phi) is 5.05. The van der Waals surface area contributed by atoms with E-state index in [0.717, 1.165) is 16.3 Å². The molecule has 0 saturated heterocycles. The molecule has 1 aliphatic carbocycles. The number of nitrogens with one attached hydrogen (secondary N) is 2. The van der Waals surface area contributed by atoms with Gasteiger partial charge in [0.05, 0.1) is 18.7 Å². The van der Waals surface area contributed by atoms with Crippen molar-refractivity contribution in [2.45, 2.75) is 31.7 Å². The van der Waals surface area contributed by atoms with Gasteiger partial charge in [0.1, 0.15) is 5.01 Å². The van der Waals surface area contributed by atoms with Crippen LogP contribution < -0.4 is 10.6 Å². The van der Waals surface area contributed by atoms with Crippen LogP contribution in [-0.4, -0.2) is 16.8 Å². The van der Waals surface area contributed by atoms with Gasteiger partial charge in [-0.15, -0.1) is 11.3 Å². The van der Waals surface area contributed by atoms with Crippen LogP contribution in [-0.2, 0) is 22.6 Å². The van der Waals surface area contributed by atoms with Crippen molar-refractivity contribution in [2.24, 2.45) is 0 Å². The molecule has 1 heterocycles. The highest BCUT2D eigenvalue weighted by atomic mass is 32.1. The molecule has 0 aliphatic heterocycles. The van der Waals surface area contributed by atoms with Crippen LogP contribution in [0.2, 0.25) is 0 Å². The molecule has 0 spiro atoms. The van der Waals surface area contributed by atoms with Crippen molar-refractivity contribution < 1.29 is 9.59 Å². The number of carbonyl (C=O) groups excluding carboxylic acids is 2. The molecule has 0 radical (unpaired) electrons. The molecule has 1 saturated carbocycles. The Balaban J connectivity index is 1.51. The summed E-state index contributed by atoms with van der Waals surface area (Å²) in [6.07, 6.45) is 3.94. The summed E-state index contributed by atoms with van der Waals surface area (Å²) in [6.45, 7) is 3.88. The molecule has 2 amide bonds. The third kappa shape index (κ3) is 4.52. The Bertz CT molecular complexity index is 765. The first-order valence-corrected chi connectivity index (χ1v) is 8.75. The summed E-state index contributed by atoms with van der Waals surface area (Å²) in [5.74, 6) is 0.302. The Morgan fingerprint density at radius 3 is 2.96 bits per heavy atom. The lowest BCUT2D eigenvalue weighted by molar-refractivity contribution is -0.120. The molecule has 0 unspecified atom stereocenters. The second-order valence-electron chi connectivity index (χ2n) is 5.79. The smallest absolute Gasteiger partial charge is 0.247 e. The standard InChI is InChI=1S/C18H19N3O2S/c1-2-16(22)20-14-5-3-4-12(8-14)9-17(23)19-10-18-21-15(11-24-18)13-6-7-13/h2-5,8,11,13H,1,6-7,9-10H2,(H,19,23)(H,20,22). The first-order chi connectivity index (χ1) is 11.6. The summed E-state index contributed by atoms with van der Waals surface area (Å²) in [7, 11) is 0. The monoisotopic (exact) mass is 341 g/mol. The van der Waals surface area contributed by atoms with E-state index in [1.807, 2.05) is 12.1 Å². The molecule has 1 aromatic carbocycles. The number of hydrogen-bond donors (Lipinski definition) is 2. The van der Waals surface area contributed by atoms with Gasteiger partial charge in [0, 0.05) is 17.0 Å². The minimum Gasteiger partial charge on any atom is -0.349 e. The van der Waals surface area contributed by atoms with Crippen LogP contribution in [0.4, 0.5) is 5.69 Å². The molecule has 0 bridgehead atoms. The zero-order valence-corrected chi connectivity index (χ0v) is 14.1. The summed E-state index contributed by atoms with van der Waals surface area (Å²) in [5, 5.41) is 8.61. The van der Waals surface area contributed by atoms with Crippen molar-refractivity contribution in [3.05, 3.63) is 58.6 Å². The van der Waals surface area contributed by atoms with Gasteiger partial charge < -0.3 is 10.6 Å². The van der Waals surface area contributed by atoms with Gasteiger partial charge in [-0.1, -0.05) is 18.7 Å². The van der Waals surface area contributed by atoms with Crippen LogP contribution in [0.5, 0.6) is 0 Å². The van der Waals surface area contributed by atoms with Crippen molar-refractivity contribution in [3.63, 3.8) is 0 Å². The number of carbonyl (C=O) groups is 2. The van der Waals surface area contributed by atoms with Crippen molar-refractivity contribution in [2.75, 3.05) is 5.32 Å². The van der Waals surface area contributed by atoms with E-state index in [1.54, 1.807) is 23.5 Å². The Morgan fingerprint density at radius 1 is 1.38 bits per heavy atom. The van der Waals surface area contributed by atoms with E-state index in [9.17, 15) is 9.59 Å². The van der Waals surface area contributed by atoms with Gasteiger partial charge >= 0.3 is 0 Å². The van der Waals surface area contributed by atoms with Gasteiger partial charge in [-0.3, -0.25) is 9.59 Å². The zero-order valence-electron chi connectivity index (χ0n) is 13.2. The van der Waals surface area contributed by atoms with Gasteiger partial charge in [-0.05, 0) is 36.6 Å². The van der Waals surface area contributed by atoms with Crippen molar-refractivity contribution in [1.82, 2.24) is 10.3 Å². The molecule has 0 atom stereocenters. The fourth-order valence-corrected chi connectivity index (χ4v) is 3.16. The minimum atomic E-state index is -0.271. The number of rotatable bonds is 7. The molecule has 3 rings (SSSR count). The highest BCUT2D eigenvalue weighted by Crippen LogP contribution is 2.40. The Hall–Kier alpha value is -2.47. The third-order valence-electron chi connectivity index (χ3n) is 3.75. The average molecular weight is 341 g/mol. The van der Waals surface area contributed by atoms with Crippen LogP contribution in [0, 0.1) is 0 Å². The summed E-state index contributed by atoms with van der Waals surface area (Å²) >= 11 is 1.60. The number of hydrogen-bond acceptors (Lipinski definition) is 4. The van der Waals surface area contributed by atoms with Gasteiger partial charge in [0.2, 0.25) is 11.8 Å². The topological polar surface area (TPSA) is 71.1 Å². The summed E-state index contributed by atoms with van der Waals surface area (Å²) in [5.41, 5.74) is 2.65. The van der Waals surface area contributed by atoms with Crippen LogP contribution in [0.3, 0.4) is 0 Å². The molecule has 5 nitrogen and oxygen atoms in total. The van der Waals surface area contributed by atoms with Crippen molar-refractivity contribution in [1.29, 1.82) is 0 Å². The molecule has 1 fully saturated rings. The van der Waals surface area contributed by atoms with Gasteiger partial charge in [-0.25, -0.2) is 4.98 Å². The zero-order chi connectivity index (χ0) is 16.9. The highest BCUT2D eigenvalue weighted by Gasteiger charge is 2.25. The lowest BCUT2D eigenvalue weighted by Gasteiger charge is -2.06. The van der Waals surface area contributed by atoms with E-state index in [2.05, 4.69) is 27.6 Å². The number of anilines is 1. The fourth-order valence-electron chi connectivity index (χ4n) is 2.35. The molecule has 2 N–H and O–H groups in total. The molecular formula is C18H19N3O2S. The predicted octanol–water partition coefficient (Wildman–Crippen LogP) is 3.00. The second-order valence-corrected chi connectivity index (χ2v) is 6.73. The van der Waals surface area contributed by atoms with E-state index >= 15 is 0 Å². The quantitative estimate of drug-likeness (QED) is 0.761. The summed E-state index contributed by atoms with van der Waals surface area (Å²) in [6, 6.07) is 7.23. The predicted molar refractivity (Wildman–Crippen MR) is 94.9 cm³/mol. The largest absolute Gasteiger partial charge is 0.349 e. The number of aromatic nitrogens is 1. The Morgan fingerprint density at radius 2 is 2.21 bits per heavy atom. The van der Waals surface area contributed by atoms with E-state index in [0.29, 0.717) is 18.2 Å². The lowest BCUT2D eigenvalue weighted by atomic mass is 10.1. The maximum atomic E-state index is 12.1. The molecule has 6 heteroatoms. The second kappa shape index (κ2) is 7.40. The Labute approximate surface area is 144 Å². The summed E-state index contributed by atoms with van der Waals surface area (Å²) < 4.78 is 0.